The number of halogens is 2. The molecule has 0 radical (unpaired) electrons. The molecular formula is C26H19Cl2NO4. The molecule has 166 valence electrons. The molecule has 0 unspecified atom stereocenters. The molecule has 7 heteroatoms. The van der Waals surface area contributed by atoms with Gasteiger partial charge in [-0.05, 0) is 47.5 Å². The maximum absolute atomic E-state index is 12.2. The van der Waals surface area contributed by atoms with Gasteiger partial charge in [-0.15, -0.1) is 0 Å². The van der Waals surface area contributed by atoms with E-state index in [1.54, 1.807) is 49.6 Å². The summed E-state index contributed by atoms with van der Waals surface area (Å²) in [6.07, 6.45) is 5.12. The number of hydrogen-bond acceptors (Lipinski definition) is 5. The minimum atomic E-state index is -0.514. The summed E-state index contributed by atoms with van der Waals surface area (Å²) in [5, 5.41) is 1.09. The summed E-state index contributed by atoms with van der Waals surface area (Å²) in [7, 11) is 1.54. The van der Waals surface area contributed by atoms with Crippen LogP contribution in [-0.2, 0) is 16.1 Å². The molecule has 0 saturated heterocycles. The molecule has 3 aromatic rings. The van der Waals surface area contributed by atoms with E-state index >= 15 is 0 Å². The highest BCUT2D eigenvalue weighted by atomic mass is 35.5. The molecule has 0 bridgehead atoms. The first-order valence-electron chi connectivity index (χ1n) is 10.0. The third-order valence-corrected chi connectivity index (χ3v) is 5.33. The van der Waals surface area contributed by atoms with Gasteiger partial charge in [0.25, 0.3) is 0 Å². The maximum atomic E-state index is 12.2. The fourth-order valence-electron chi connectivity index (χ4n) is 3.07. The lowest BCUT2D eigenvalue weighted by Gasteiger charge is -2.12. The smallest absolute Gasteiger partial charge is 0.363 e. The zero-order valence-corrected chi connectivity index (χ0v) is 19.1. The topological polar surface area (TPSA) is 57.1 Å². The number of carbonyl (C=O) groups is 1. The second-order valence-corrected chi connectivity index (χ2v) is 7.89. The number of ether oxygens (including phenoxy) is 3. The molecule has 1 heterocycles. The molecular weight excluding hydrogens is 461 g/mol. The summed E-state index contributed by atoms with van der Waals surface area (Å²) in [4.78, 5) is 16.5. The summed E-state index contributed by atoms with van der Waals surface area (Å²) in [6, 6.07) is 20.2. The van der Waals surface area contributed by atoms with Gasteiger partial charge >= 0.3 is 5.97 Å². The Balaban J connectivity index is 1.49. The van der Waals surface area contributed by atoms with Gasteiger partial charge in [0.2, 0.25) is 5.90 Å². The van der Waals surface area contributed by atoms with Crippen LogP contribution in [0, 0.1) is 0 Å². The number of aliphatic imine (C=N–C) groups is 1. The SMILES string of the molecule is COc1cc(/C=C2N=C(/C=C/c3ccccc3)OC\2=O)ccc1OCc1ccc(Cl)cc1Cl. The van der Waals surface area contributed by atoms with E-state index in [0.717, 1.165) is 11.1 Å². The van der Waals surface area contributed by atoms with Crippen molar-refractivity contribution in [2.45, 2.75) is 6.61 Å². The van der Waals surface area contributed by atoms with Crippen LogP contribution in [0.15, 0.2) is 83.5 Å². The predicted octanol–water partition coefficient (Wildman–Crippen LogP) is 6.59. The van der Waals surface area contributed by atoms with Crippen LogP contribution in [0.1, 0.15) is 16.7 Å². The molecule has 0 N–H and O–H groups in total. The van der Waals surface area contributed by atoms with Gasteiger partial charge in [-0.25, -0.2) is 9.79 Å². The van der Waals surface area contributed by atoms with Gasteiger partial charge in [-0.3, -0.25) is 0 Å². The van der Waals surface area contributed by atoms with Crippen LogP contribution in [0.5, 0.6) is 11.5 Å². The summed E-state index contributed by atoms with van der Waals surface area (Å²) in [6.45, 7) is 0.251. The minimum Gasteiger partial charge on any atom is -0.493 e. The van der Waals surface area contributed by atoms with Gasteiger partial charge in [0.05, 0.1) is 7.11 Å². The molecule has 5 nitrogen and oxygen atoms in total. The molecule has 0 aromatic heterocycles. The van der Waals surface area contributed by atoms with E-state index in [1.165, 1.54) is 0 Å². The first-order chi connectivity index (χ1) is 16.0. The number of hydrogen-bond donors (Lipinski definition) is 0. The van der Waals surface area contributed by atoms with Crippen molar-refractivity contribution in [3.8, 4) is 11.5 Å². The molecule has 1 aliphatic rings. The highest BCUT2D eigenvalue weighted by molar-refractivity contribution is 6.35. The van der Waals surface area contributed by atoms with Crippen molar-refractivity contribution in [3.05, 3.63) is 105 Å². The second kappa shape index (κ2) is 10.4. The van der Waals surface area contributed by atoms with Gasteiger partial charge < -0.3 is 14.2 Å². The molecule has 33 heavy (non-hydrogen) atoms. The van der Waals surface area contributed by atoms with Gasteiger partial charge in [0, 0.05) is 21.7 Å². The Labute approximate surface area is 201 Å². The molecule has 1 aliphatic heterocycles. The van der Waals surface area contributed by atoms with Gasteiger partial charge in [0.15, 0.2) is 17.2 Å². The number of carbonyl (C=O) groups excluding carboxylic acids is 1. The number of methoxy groups -OCH3 is 1. The summed E-state index contributed by atoms with van der Waals surface area (Å²) < 4.78 is 16.6. The fraction of sp³-hybridized carbons (Fsp3) is 0.0769. The lowest BCUT2D eigenvalue weighted by atomic mass is 10.1. The summed E-state index contributed by atoms with van der Waals surface area (Å²) >= 11 is 12.1. The van der Waals surface area contributed by atoms with Crippen molar-refractivity contribution in [2.75, 3.05) is 7.11 Å². The normalized spacial score (nSPS) is 14.5. The Morgan fingerprint density at radius 3 is 2.52 bits per heavy atom. The Morgan fingerprint density at radius 1 is 0.939 bits per heavy atom. The average Bonchev–Trinajstić information content (AvgIpc) is 3.17. The zero-order chi connectivity index (χ0) is 23.2. The predicted molar refractivity (Wildman–Crippen MR) is 131 cm³/mol. The number of rotatable bonds is 7. The van der Waals surface area contributed by atoms with Crippen LogP contribution < -0.4 is 9.47 Å². The summed E-state index contributed by atoms with van der Waals surface area (Å²) in [5.41, 5.74) is 2.70. The van der Waals surface area contributed by atoms with Crippen molar-refractivity contribution >= 4 is 47.2 Å². The monoisotopic (exact) mass is 479 g/mol. The minimum absolute atomic E-state index is 0.200. The van der Waals surface area contributed by atoms with Gasteiger partial charge in [-0.2, -0.15) is 0 Å². The highest BCUT2D eigenvalue weighted by Crippen LogP contribution is 2.31. The maximum Gasteiger partial charge on any atom is 0.363 e. The van der Waals surface area contributed by atoms with E-state index in [9.17, 15) is 4.79 Å². The third-order valence-electron chi connectivity index (χ3n) is 4.74. The van der Waals surface area contributed by atoms with E-state index in [1.807, 2.05) is 42.5 Å². The van der Waals surface area contributed by atoms with Crippen molar-refractivity contribution in [1.82, 2.24) is 0 Å². The lowest BCUT2D eigenvalue weighted by Crippen LogP contribution is -2.01. The van der Waals surface area contributed by atoms with Crippen molar-refractivity contribution in [1.29, 1.82) is 0 Å². The Bertz CT molecular complexity index is 1270. The molecule has 0 fully saturated rings. The van der Waals surface area contributed by atoms with Crippen LogP contribution in [0.25, 0.3) is 12.2 Å². The van der Waals surface area contributed by atoms with Crippen molar-refractivity contribution in [2.24, 2.45) is 4.99 Å². The van der Waals surface area contributed by atoms with Crippen LogP contribution in [-0.4, -0.2) is 19.0 Å². The first kappa shape index (κ1) is 22.6. The number of nitrogens with zero attached hydrogens (tertiary/aromatic N) is 1. The first-order valence-corrected chi connectivity index (χ1v) is 10.8. The lowest BCUT2D eigenvalue weighted by molar-refractivity contribution is -0.129. The fourth-order valence-corrected chi connectivity index (χ4v) is 3.54. The van der Waals surface area contributed by atoms with Crippen LogP contribution in [0.3, 0.4) is 0 Å². The van der Waals surface area contributed by atoms with E-state index < -0.39 is 5.97 Å². The number of cyclic esters (lactones) is 1. The van der Waals surface area contributed by atoms with E-state index in [0.29, 0.717) is 27.1 Å². The van der Waals surface area contributed by atoms with Gasteiger partial charge in [-0.1, -0.05) is 65.7 Å². The molecule has 4 rings (SSSR count). The Morgan fingerprint density at radius 2 is 1.76 bits per heavy atom. The number of esters is 1. The van der Waals surface area contributed by atoms with Gasteiger partial charge in [0.1, 0.15) is 6.61 Å². The van der Waals surface area contributed by atoms with Crippen LogP contribution in [0.4, 0.5) is 0 Å². The quantitative estimate of drug-likeness (QED) is 0.283. The zero-order valence-electron chi connectivity index (χ0n) is 17.6. The third kappa shape index (κ3) is 5.83. The van der Waals surface area contributed by atoms with Crippen molar-refractivity contribution < 1.29 is 19.0 Å². The molecule has 0 saturated carbocycles. The molecule has 0 amide bonds. The summed E-state index contributed by atoms with van der Waals surface area (Å²) in [5.74, 6) is 0.768. The standard InChI is InChI=1S/C26H19Cl2NO4/c1-31-24-14-18(7-11-23(24)32-16-19-9-10-20(27)15-21(19)28)13-22-26(30)33-25(29-22)12-8-17-5-3-2-4-6-17/h2-15H,16H2,1H3/b12-8+,22-13-. The Hall–Kier alpha value is -3.54. The molecule has 0 atom stereocenters. The van der Waals surface area contributed by atoms with E-state index in [2.05, 4.69) is 4.99 Å². The molecule has 0 spiro atoms. The van der Waals surface area contributed by atoms with E-state index in [4.69, 9.17) is 37.4 Å². The molecule has 0 aliphatic carbocycles. The van der Waals surface area contributed by atoms with Crippen LogP contribution >= 0.6 is 23.2 Å². The highest BCUT2D eigenvalue weighted by Gasteiger charge is 2.21. The molecule has 3 aromatic carbocycles. The van der Waals surface area contributed by atoms with Crippen LogP contribution in [0.2, 0.25) is 10.0 Å². The Kier molecular flexibility index (Phi) is 7.13. The van der Waals surface area contributed by atoms with E-state index in [-0.39, 0.29) is 18.2 Å². The average molecular weight is 480 g/mol. The largest absolute Gasteiger partial charge is 0.493 e. The number of benzene rings is 3. The second-order valence-electron chi connectivity index (χ2n) is 7.05. The van der Waals surface area contributed by atoms with Crippen molar-refractivity contribution in [3.63, 3.8) is 0 Å².